The predicted octanol–water partition coefficient (Wildman–Crippen LogP) is 2.90. The Hall–Kier alpha value is -1.00. The van der Waals surface area contributed by atoms with Crippen LogP contribution in [0.1, 0.15) is 31.2 Å². The van der Waals surface area contributed by atoms with Gasteiger partial charge in [0.15, 0.2) is 0 Å². The van der Waals surface area contributed by atoms with E-state index >= 15 is 0 Å². The highest BCUT2D eigenvalue weighted by molar-refractivity contribution is 8.00. The van der Waals surface area contributed by atoms with Crippen LogP contribution in [0, 0.1) is 0 Å². The van der Waals surface area contributed by atoms with E-state index in [9.17, 15) is 4.79 Å². The molecule has 1 saturated carbocycles. The molecule has 1 aliphatic carbocycles. The molecule has 0 aromatic heterocycles. The molecule has 1 fully saturated rings. The van der Waals surface area contributed by atoms with E-state index in [-0.39, 0.29) is 6.54 Å². The molecule has 0 spiro atoms. The van der Waals surface area contributed by atoms with Crippen LogP contribution in [-0.2, 0) is 11.3 Å². The van der Waals surface area contributed by atoms with Crippen molar-refractivity contribution in [3.8, 4) is 0 Å². The van der Waals surface area contributed by atoms with Gasteiger partial charge < -0.3 is 10.4 Å². The normalized spacial score (nSPS) is 16.0. The lowest BCUT2D eigenvalue weighted by Crippen LogP contribution is -2.21. The molecule has 18 heavy (non-hydrogen) atoms. The number of nitrogens with one attached hydrogen (secondary N) is 1. The zero-order valence-corrected chi connectivity index (χ0v) is 11.2. The molecule has 0 atom stereocenters. The first-order chi connectivity index (χ1) is 8.74. The highest BCUT2D eigenvalue weighted by Gasteiger charge is 2.15. The summed E-state index contributed by atoms with van der Waals surface area (Å²) < 4.78 is 0. The van der Waals surface area contributed by atoms with E-state index in [4.69, 9.17) is 5.11 Å². The van der Waals surface area contributed by atoms with E-state index < -0.39 is 5.97 Å². The van der Waals surface area contributed by atoms with Crippen molar-refractivity contribution in [2.45, 2.75) is 42.4 Å². The summed E-state index contributed by atoms with van der Waals surface area (Å²) in [4.78, 5) is 11.7. The lowest BCUT2D eigenvalue weighted by atomic mass is 10.2. The van der Waals surface area contributed by atoms with Crippen molar-refractivity contribution in [2.75, 3.05) is 6.54 Å². The summed E-state index contributed by atoms with van der Waals surface area (Å²) in [6.45, 7) is 0.624. The van der Waals surface area contributed by atoms with E-state index in [1.54, 1.807) is 0 Å². The van der Waals surface area contributed by atoms with Crippen LogP contribution in [-0.4, -0.2) is 22.9 Å². The van der Waals surface area contributed by atoms with Gasteiger partial charge in [-0.3, -0.25) is 4.79 Å². The Labute approximate surface area is 112 Å². The van der Waals surface area contributed by atoms with Crippen molar-refractivity contribution in [1.82, 2.24) is 5.32 Å². The fourth-order valence-corrected chi connectivity index (χ4v) is 3.45. The molecule has 2 N–H and O–H groups in total. The van der Waals surface area contributed by atoms with Crippen molar-refractivity contribution in [2.24, 2.45) is 0 Å². The molecular formula is C14H19NO2S. The molecule has 1 aromatic rings. The van der Waals surface area contributed by atoms with Crippen molar-refractivity contribution in [3.63, 3.8) is 0 Å². The number of hydrogen-bond donors (Lipinski definition) is 2. The summed E-state index contributed by atoms with van der Waals surface area (Å²) in [6, 6.07) is 8.43. The largest absolute Gasteiger partial charge is 0.480 e. The first-order valence-electron chi connectivity index (χ1n) is 6.42. The maximum Gasteiger partial charge on any atom is 0.317 e. The summed E-state index contributed by atoms with van der Waals surface area (Å²) in [5.41, 5.74) is 1.13. The van der Waals surface area contributed by atoms with Gasteiger partial charge >= 0.3 is 5.97 Å². The zero-order valence-electron chi connectivity index (χ0n) is 10.4. The Balaban J connectivity index is 1.79. The smallest absolute Gasteiger partial charge is 0.317 e. The van der Waals surface area contributed by atoms with Crippen LogP contribution in [0.2, 0.25) is 0 Å². The summed E-state index contributed by atoms with van der Waals surface area (Å²) in [6.07, 6.45) is 5.42. The van der Waals surface area contributed by atoms with E-state index in [0.717, 1.165) is 10.8 Å². The van der Waals surface area contributed by atoms with Crippen LogP contribution >= 0.6 is 11.8 Å². The van der Waals surface area contributed by atoms with E-state index in [0.29, 0.717) is 6.54 Å². The summed E-state index contributed by atoms with van der Waals surface area (Å²) >= 11 is 1.97. The van der Waals surface area contributed by atoms with Crippen LogP contribution in [0.15, 0.2) is 29.2 Å². The van der Waals surface area contributed by atoms with Gasteiger partial charge in [0.05, 0.1) is 6.54 Å². The molecule has 1 aliphatic rings. The van der Waals surface area contributed by atoms with Crippen molar-refractivity contribution in [1.29, 1.82) is 0 Å². The lowest BCUT2D eigenvalue weighted by molar-refractivity contribution is -0.135. The second kappa shape index (κ2) is 6.81. The third kappa shape index (κ3) is 4.35. The average molecular weight is 265 g/mol. The molecular weight excluding hydrogens is 246 g/mol. The Bertz CT molecular complexity index is 385. The van der Waals surface area contributed by atoms with Gasteiger partial charge in [0.25, 0.3) is 0 Å². The summed E-state index contributed by atoms with van der Waals surface area (Å²) in [5, 5.41) is 12.2. The van der Waals surface area contributed by atoms with E-state index in [1.165, 1.54) is 30.6 Å². The number of thioether (sulfide) groups is 1. The fraction of sp³-hybridized carbons (Fsp3) is 0.500. The van der Waals surface area contributed by atoms with Crippen molar-refractivity contribution >= 4 is 17.7 Å². The molecule has 98 valence electrons. The number of rotatable bonds is 6. The SMILES string of the molecule is O=C(O)CNCc1ccc(SC2CCCC2)cc1. The number of carbonyl (C=O) groups is 1. The Morgan fingerprint density at radius 3 is 2.56 bits per heavy atom. The molecule has 0 heterocycles. The fourth-order valence-electron chi connectivity index (χ4n) is 2.20. The number of hydrogen-bond acceptors (Lipinski definition) is 3. The maximum atomic E-state index is 10.4. The molecule has 0 aliphatic heterocycles. The third-order valence-electron chi connectivity index (χ3n) is 3.13. The monoisotopic (exact) mass is 265 g/mol. The molecule has 0 unspecified atom stereocenters. The molecule has 0 radical (unpaired) electrons. The van der Waals surface area contributed by atoms with Gasteiger partial charge in [-0.1, -0.05) is 25.0 Å². The first-order valence-corrected chi connectivity index (χ1v) is 7.30. The highest BCUT2D eigenvalue weighted by Crippen LogP contribution is 2.34. The summed E-state index contributed by atoms with van der Waals surface area (Å²) in [5.74, 6) is -0.816. The Morgan fingerprint density at radius 2 is 1.94 bits per heavy atom. The number of benzene rings is 1. The van der Waals surface area contributed by atoms with Crippen LogP contribution < -0.4 is 5.32 Å². The van der Waals surface area contributed by atoms with Gasteiger partial charge in [-0.25, -0.2) is 0 Å². The van der Waals surface area contributed by atoms with Gasteiger partial charge in [0.2, 0.25) is 0 Å². The van der Waals surface area contributed by atoms with Crippen molar-refractivity contribution in [3.05, 3.63) is 29.8 Å². The molecule has 1 aromatic carbocycles. The van der Waals surface area contributed by atoms with Crippen molar-refractivity contribution < 1.29 is 9.90 Å². The quantitative estimate of drug-likeness (QED) is 0.830. The molecule has 0 amide bonds. The zero-order chi connectivity index (χ0) is 12.8. The maximum absolute atomic E-state index is 10.4. The first kappa shape index (κ1) is 13.4. The van der Waals surface area contributed by atoms with E-state index in [2.05, 4.69) is 29.6 Å². The van der Waals surface area contributed by atoms with E-state index in [1.807, 2.05) is 11.8 Å². The minimum Gasteiger partial charge on any atom is -0.480 e. The standard InChI is InChI=1S/C14H19NO2S/c16-14(17)10-15-9-11-5-7-13(8-6-11)18-12-3-1-2-4-12/h5-8,12,15H,1-4,9-10H2,(H,16,17). The molecule has 4 heteroatoms. The second-order valence-electron chi connectivity index (χ2n) is 4.67. The van der Waals surface area contributed by atoms with Crippen LogP contribution in [0.25, 0.3) is 0 Å². The minimum atomic E-state index is -0.816. The van der Waals surface area contributed by atoms with Gasteiger partial charge in [-0.2, -0.15) is 0 Å². The number of aliphatic carboxylic acids is 1. The number of carboxylic acids is 1. The topological polar surface area (TPSA) is 49.3 Å². The van der Waals surface area contributed by atoms with Crippen LogP contribution in [0.4, 0.5) is 0 Å². The Kier molecular flexibility index (Phi) is 5.08. The second-order valence-corrected chi connectivity index (χ2v) is 6.04. The van der Waals surface area contributed by atoms with Gasteiger partial charge in [0, 0.05) is 16.7 Å². The van der Waals surface area contributed by atoms with Gasteiger partial charge in [0.1, 0.15) is 0 Å². The number of carboxylic acid groups (broad SMARTS) is 1. The highest BCUT2D eigenvalue weighted by atomic mass is 32.2. The van der Waals surface area contributed by atoms with Crippen LogP contribution in [0.5, 0.6) is 0 Å². The third-order valence-corrected chi connectivity index (χ3v) is 4.48. The molecule has 3 nitrogen and oxygen atoms in total. The lowest BCUT2D eigenvalue weighted by Gasteiger charge is -2.09. The molecule has 0 saturated heterocycles. The summed E-state index contributed by atoms with van der Waals surface area (Å²) in [7, 11) is 0. The molecule has 2 rings (SSSR count). The minimum absolute atomic E-state index is 0.0125. The van der Waals surface area contributed by atoms with Crippen LogP contribution in [0.3, 0.4) is 0 Å². The predicted molar refractivity (Wildman–Crippen MR) is 73.9 cm³/mol. The van der Waals surface area contributed by atoms with Gasteiger partial charge in [-0.15, -0.1) is 11.8 Å². The average Bonchev–Trinajstić information content (AvgIpc) is 2.84. The molecule has 0 bridgehead atoms. The Morgan fingerprint density at radius 1 is 1.28 bits per heavy atom. The van der Waals surface area contributed by atoms with Gasteiger partial charge in [-0.05, 0) is 30.5 Å².